The quantitative estimate of drug-likeness (QED) is 0.877. The Morgan fingerprint density at radius 3 is 1.59 bits per heavy atom. The van der Waals surface area contributed by atoms with E-state index in [1.807, 2.05) is 0 Å². The third-order valence-electron chi connectivity index (χ3n) is 4.16. The van der Waals surface area contributed by atoms with E-state index in [0.717, 1.165) is 12.2 Å². The monoisotopic (exact) mass is 306 g/mol. The van der Waals surface area contributed by atoms with E-state index in [1.165, 1.54) is 16.7 Å². The van der Waals surface area contributed by atoms with E-state index in [-0.39, 0.29) is 10.8 Å². The molecule has 1 aromatic rings. The van der Waals surface area contributed by atoms with Gasteiger partial charge in [-0.15, -0.1) is 0 Å². The number of hydrogen-bond acceptors (Lipinski definition) is 3. The lowest BCUT2D eigenvalue weighted by Crippen LogP contribution is -2.26. The van der Waals surface area contributed by atoms with Crippen LogP contribution in [0.5, 0.6) is 5.75 Å². The summed E-state index contributed by atoms with van der Waals surface area (Å²) in [5.74, 6) is 1.34. The molecule has 0 amide bonds. The SMILES string of the molecule is COc1c(C(C)(C)C)cc(CC(CN)CN)cc1C(C)(C)C. The largest absolute Gasteiger partial charge is 0.496 e. The second-order valence-corrected chi connectivity index (χ2v) is 8.27. The lowest BCUT2D eigenvalue weighted by atomic mass is 9.77. The van der Waals surface area contributed by atoms with Gasteiger partial charge in [0.25, 0.3) is 0 Å². The molecule has 0 radical (unpaired) electrons. The first kappa shape index (κ1) is 19.0. The van der Waals surface area contributed by atoms with Crippen molar-refractivity contribution >= 4 is 0 Å². The number of methoxy groups -OCH3 is 1. The van der Waals surface area contributed by atoms with E-state index in [4.69, 9.17) is 16.2 Å². The highest BCUT2D eigenvalue weighted by Gasteiger charge is 2.27. The van der Waals surface area contributed by atoms with Crippen molar-refractivity contribution in [3.8, 4) is 5.75 Å². The van der Waals surface area contributed by atoms with Gasteiger partial charge in [-0.2, -0.15) is 0 Å². The van der Waals surface area contributed by atoms with E-state index < -0.39 is 0 Å². The highest BCUT2D eigenvalue weighted by atomic mass is 16.5. The Morgan fingerprint density at radius 2 is 1.32 bits per heavy atom. The molecule has 0 atom stereocenters. The molecule has 1 rings (SSSR count). The minimum atomic E-state index is 0.0300. The van der Waals surface area contributed by atoms with Crippen LogP contribution in [0.2, 0.25) is 0 Å². The van der Waals surface area contributed by atoms with Gasteiger partial charge in [0.2, 0.25) is 0 Å². The third-order valence-corrected chi connectivity index (χ3v) is 4.16. The Morgan fingerprint density at radius 1 is 0.909 bits per heavy atom. The fraction of sp³-hybridized carbons (Fsp3) is 0.684. The highest BCUT2D eigenvalue weighted by molar-refractivity contribution is 5.51. The minimum Gasteiger partial charge on any atom is -0.496 e. The summed E-state index contributed by atoms with van der Waals surface area (Å²) in [4.78, 5) is 0. The molecule has 126 valence electrons. The van der Waals surface area contributed by atoms with Crippen LogP contribution in [0.1, 0.15) is 58.2 Å². The van der Waals surface area contributed by atoms with Gasteiger partial charge in [0.15, 0.2) is 0 Å². The first-order chi connectivity index (χ1) is 10.0. The van der Waals surface area contributed by atoms with Gasteiger partial charge < -0.3 is 16.2 Å². The summed E-state index contributed by atoms with van der Waals surface area (Å²) in [5.41, 5.74) is 15.5. The molecule has 0 fully saturated rings. The van der Waals surface area contributed by atoms with Crippen molar-refractivity contribution in [1.29, 1.82) is 0 Å². The maximum absolute atomic E-state index is 5.83. The molecule has 0 spiro atoms. The van der Waals surface area contributed by atoms with E-state index in [2.05, 4.69) is 53.7 Å². The summed E-state index contributed by atoms with van der Waals surface area (Å²) in [6.45, 7) is 14.6. The zero-order valence-corrected chi connectivity index (χ0v) is 15.4. The summed E-state index contributed by atoms with van der Waals surface area (Å²) in [6, 6.07) is 4.54. The van der Waals surface area contributed by atoms with Crippen LogP contribution < -0.4 is 16.2 Å². The van der Waals surface area contributed by atoms with Crippen LogP contribution in [0, 0.1) is 5.92 Å². The molecule has 22 heavy (non-hydrogen) atoms. The van der Waals surface area contributed by atoms with Crippen molar-refractivity contribution in [2.75, 3.05) is 20.2 Å². The molecule has 3 nitrogen and oxygen atoms in total. The van der Waals surface area contributed by atoms with Crippen molar-refractivity contribution in [2.24, 2.45) is 17.4 Å². The van der Waals surface area contributed by atoms with Gasteiger partial charge in [0, 0.05) is 11.1 Å². The molecule has 1 aromatic carbocycles. The summed E-state index contributed by atoms with van der Waals surface area (Å²) >= 11 is 0. The first-order valence-electron chi connectivity index (χ1n) is 8.16. The molecule has 0 bridgehead atoms. The second kappa shape index (κ2) is 7.01. The third kappa shape index (κ3) is 4.47. The van der Waals surface area contributed by atoms with Crippen LogP contribution in [-0.4, -0.2) is 20.2 Å². The lowest BCUT2D eigenvalue weighted by molar-refractivity contribution is 0.381. The van der Waals surface area contributed by atoms with E-state index >= 15 is 0 Å². The van der Waals surface area contributed by atoms with Crippen molar-refractivity contribution in [3.63, 3.8) is 0 Å². The lowest BCUT2D eigenvalue weighted by Gasteiger charge is -2.30. The highest BCUT2D eigenvalue weighted by Crippen LogP contribution is 2.40. The summed E-state index contributed by atoms with van der Waals surface area (Å²) in [6.07, 6.45) is 0.920. The number of benzene rings is 1. The van der Waals surface area contributed by atoms with Crippen LogP contribution in [0.15, 0.2) is 12.1 Å². The maximum Gasteiger partial charge on any atom is 0.126 e. The molecule has 4 N–H and O–H groups in total. The summed E-state index contributed by atoms with van der Waals surface area (Å²) in [7, 11) is 1.77. The van der Waals surface area contributed by atoms with Gasteiger partial charge in [0.05, 0.1) is 7.11 Å². The number of rotatable bonds is 5. The van der Waals surface area contributed by atoms with Gasteiger partial charge in [-0.1, -0.05) is 53.7 Å². The van der Waals surface area contributed by atoms with E-state index in [1.54, 1.807) is 7.11 Å². The zero-order valence-electron chi connectivity index (χ0n) is 15.4. The Balaban J connectivity index is 3.49. The van der Waals surface area contributed by atoms with Crippen LogP contribution in [-0.2, 0) is 17.3 Å². The number of ether oxygens (including phenoxy) is 1. The van der Waals surface area contributed by atoms with Crippen LogP contribution in [0.3, 0.4) is 0 Å². The Bertz CT molecular complexity index is 456. The predicted octanol–water partition coefficient (Wildman–Crippen LogP) is 3.37. The van der Waals surface area contributed by atoms with Crippen molar-refractivity contribution in [1.82, 2.24) is 0 Å². The Hall–Kier alpha value is -1.06. The van der Waals surface area contributed by atoms with Crippen LogP contribution >= 0.6 is 0 Å². The zero-order chi connectivity index (χ0) is 17.1. The van der Waals surface area contributed by atoms with Crippen molar-refractivity contribution in [3.05, 3.63) is 28.8 Å². The van der Waals surface area contributed by atoms with Gasteiger partial charge in [-0.3, -0.25) is 0 Å². The van der Waals surface area contributed by atoms with Crippen molar-refractivity contribution in [2.45, 2.75) is 58.8 Å². The average molecular weight is 306 g/mol. The normalized spacial score (nSPS) is 12.8. The fourth-order valence-electron chi connectivity index (χ4n) is 2.74. The molecular weight excluding hydrogens is 272 g/mol. The summed E-state index contributed by atoms with van der Waals surface area (Å²) in [5, 5.41) is 0. The van der Waals surface area contributed by atoms with Gasteiger partial charge >= 0.3 is 0 Å². The molecule has 3 heteroatoms. The molecular formula is C19H34N2O. The maximum atomic E-state index is 5.83. The predicted molar refractivity (Wildman–Crippen MR) is 95.7 cm³/mol. The number of nitrogens with two attached hydrogens (primary N) is 2. The summed E-state index contributed by atoms with van der Waals surface area (Å²) < 4.78 is 5.79. The Labute approximate surface area is 136 Å². The van der Waals surface area contributed by atoms with Crippen molar-refractivity contribution < 1.29 is 4.74 Å². The van der Waals surface area contributed by atoms with E-state index in [9.17, 15) is 0 Å². The van der Waals surface area contributed by atoms with E-state index in [0.29, 0.717) is 19.0 Å². The Kier molecular flexibility index (Phi) is 6.05. The molecule has 0 heterocycles. The topological polar surface area (TPSA) is 61.3 Å². The molecule has 0 aliphatic heterocycles. The fourth-order valence-corrected chi connectivity index (χ4v) is 2.74. The van der Waals surface area contributed by atoms with Crippen LogP contribution in [0.4, 0.5) is 0 Å². The van der Waals surface area contributed by atoms with Crippen LogP contribution in [0.25, 0.3) is 0 Å². The molecule has 0 aliphatic rings. The molecule has 0 unspecified atom stereocenters. The smallest absolute Gasteiger partial charge is 0.126 e. The minimum absolute atomic E-state index is 0.0300. The molecule has 0 saturated carbocycles. The van der Waals surface area contributed by atoms with Gasteiger partial charge in [0.1, 0.15) is 5.75 Å². The standard InChI is InChI=1S/C19H34N2O/c1-18(2,3)15-9-13(8-14(11-20)12-21)10-16(17(15)22-7)19(4,5)6/h9-10,14H,8,11-12,20-21H2,1-7H3. The first-order valence-corrected chi connectivity index (χ1v) is 8.16. The molecule has 0 aliphatic carbocycles. The number of hydrogen-bond donors (Lipinski definition) is 2. The van der Waals surface area contributed by atoms with Gasteiger partial charge in [-0.05, 0) is 41.8 Å². The van der Waals surface area contributed by atoms with Gasteiger partial charge in [-0.25, -0.2) is 0 Å². The molecule has 0 aromatic heterocycles. The second-order valence-electron chi connectivity index (χ2n) is 8.27. The molecule has 0 saturated heterocycles. The average Bonchev–Trinajstić information content (AvgIpc) is 2.41.